The number of piperazine rings is 1. The first-order valence-electron chi connectivity index (χ1n) is 12.0. The first-order valence-corrected chi connectivity index (χ1v) is 12.0. The summed E-state index contributed by atoms with van der Waals surface area (Å²) >= 11 is 0. The summed E-state index contributed by atoms with van der Waals surface area (Å²) < 4.78 is 11.5. The smallest absolute Gasteiger partial charge is 0.0900 e. The van der Waals surface area contributed by atoms with Crippen molar-refractivity contribution in [3.8, 4) is 0 Å². The molecule has 1 aliphatic heterocycles. The van der Waals surface area contributed by atoms with Crippen molar-refractivity contribution >= 4 is 0 Å². The van der Waals surface area contributed by atoms with Crippen molar-refractivity contribution in [2.45, 2.75) is 50.7 Å². The zero-order valence-corrected chi connectivity index (χ0v) is 18.5. The first kappa shape index (κ1) is 23.9. The number of hydrogen-bond donors (Lipinski definition) is 2. The van der Waals surface area contributed by atoms with Crippen LogP contribution in [0.25, 0.3) is 0 Å². The highest BCUT2D eigenvalue weighted by molar-refractivity contribution is 4.90. The van der Waals surface area contributed by atoms with Crippen LogP contribution in [0.5, 0.6) is 0 Å². The molecule has 172 valence electrons. The molecule has 3 rings (SSSR count). The van der Waals surface area contributed by atoms with Crippen LogP contribution in [0.15, 0.2) is 24.3 Å². The number of aliphatic hydroxyl groups is 2. The van der Waals surface area contributed by atoms with Crippen LogP contribution in [0, 0.1) is 11.8 Å². The van der Waals surface area contributed by atoms with Gasteiger partial charge in [0.15, 0.2) is 0 Å². The standard InChI is InChI=1S/C24H42N2O4/c27-23(19-29-17-21-7-3-1-4-8-21)15-25-11-13-26(14-12-25)16-24(28)20-30-18-22-9-5-2-6-10-22/h1-3,5,21-24,27-28H,4,6-20H2/t21-,22+,23-,24+. The van der Waals surface area contributed by atoms with Gasteiger partial charge in [0.25, 0.3) is 0 Å². The summed E-state index contributed by atoms with van der Waals surface area (Å²) in [5.41, 5.74) is 0. The van der Waals surface area contributed by atoms with Crippen LogP contribution in [0.3, 0.4) is 0 Å². The molecule has 30 heavy (non-hydrogen) atoms. The molecule has 0 radical (unpaired) electrons. The molecule has 0 spiro atoms. The molecular weight excluding hydrogens is 380 g/mol. The van der Waals surface area contributed by atoms with Crippen molar-refractivity contribution in [1.29, 1.82) is 0 Å². The summed E-state index contributed by atoms with van der Waals surface area (Å²) in [7, 11) is 0. The molecular formula is C24H42N2O4. The van der Waals surface area contributed by atoms with Crippen molar-refractivity contribution in [3.63, 3.8) is 0 Å². The summed E-state index contributed by atoms with van der Waals surface area (Å²) in [6.07, 6.45) is 15.0. The number of β-amino-alcohol motifs (C(OH)–C–C–N with tert-alkyl or cyclic N) is 2. The molecule has 1 saturated heterocycles. The second-order valence-corrected chi connectivity index (χ2v) is 9.28. The van der Waals surface area contributed by atoms with Gasteiger partial charge < -0.3 is 19.7 Å². The van der Waals surface area contributed by atoms with Crippen LogP contribution in [0.4, 0.5) is 0 Å². The fraction of sp³-hybridized carbons (Fsp3) is 0.833. The molecule has 0 aromatic heterocycles. The monoisotopic (exact) mass is 422 g/mol. The zero-order valence-electron chi connectivity index (χ0n) is 18.5. The van der Waals surface area contributed by atoms with Crippen LogP contribution in [0.1, 0.15) is 38.5 Å². The van der Waals surface area contributed by atoms with Gasteiger partial charge in [-0.2, -0.15) is 0 Å². The van der Waals surface area contributed by atoms with Gasteiger partial charge in [-0.05, 0) is 50.4 Å². The Hall–Kier alpha value is -0.760. The third kappa shape index (κ3) is 9.16. The highest BCUT2D eigenvalue weighted by atomic mass is 16.5. The Bertz CT molecular complexity index is 473. The van der Waals surface area contributed by atoms with Gasteiger partial charge in [0.1, 0.15) is 0 Å². The van der Waals surface area contributed by atoms with E-state index in [9.17, 15) is 10.2 Å². The van der Waals surface area contributed by atoms with E-state index in [0.29, 0.717) is 38.1 Å². The Morgan fingerprint density at radius 3 is 1.50 bits per heavy atom. The molecule has 2 N–H and O–H groups in total. The summed E-state index contributed by atoms with van der Waals surface area (Å²) in [6, 6.07) is 0. The van der Waals surface area contributed by atoms with Gasteiger partial charge in [-0.25, -0.2) is 0 Å². The number of ether oxygens (including phenoxy) is 2. The van der Waals surface area contributed by atoms with Crippen LogP contribution >= 0.6 is 0 Å². The zero-order chi connectivity index (χ0) is 21.0. The lowest BCUT2D eigenvalue weighted by Gasteiger charge is -2.36. The lowest BCUT2D eigenvalue weighted by Crippen LogP contribution is -2.51. The number of nitrogens with zero attached hydrogens (tertiary/aromatic N) is 2. The topological polar surface area (TPSA) is 65.4 Å². The second-order valence-electron chi connectivity index (χ2n) is 9.28. The number of allylic oxidation sites excluding steroid dienone is 4. The van der Waals surface area contributed by atoms with E-state index in [1.807, 2.05) is 0 Å². The molecule has 1 heterocycles. The Labute approximate surface area is 182 Å². The molecule has 1 fully saturated rings. The van der Waals surface area contributed by atoms with Gasteiger partial charge in [-0.1, -0.05) is 24.3 Å². The minimum absolute atomic E-state index is 0.424. The highest BCUT2D eigenvalue weighted by Crippen LogP contribution is 2.19. The van der Waals surface area contributed by atoms with E-state index in [-0.39, 0.29) is 0 Å². The Balaban J connectivity index is 1.20. The molecule has 0 aromatic rings. The summed E-state index contributed by atoms with van der Waals surface area (Å²) in [6.45, 7) is 7.39. The van der Waals surface area contributed by atoms with Gasteiger partial charge in [-0.15, -0.1) is 0 Å². The van der Waals surface area contributed by atoms with E-state index < -0.39 is 12.2 Å². The number of hydrogen-bond acceptors (Lipinski definition) is 6. The first-order chi connectivity index (χ1) is 14.7. The maximum atomic E-state index is 10.3. The van der Waals surface area contributed by atoms with Gasteiger partial charge in [0, 0.05) is 52.5 Å². The van der Waals surface area contributed by atoms with Crippen molar-refractivity contribution in [2.24, 2.45) is 11.8 Å². The Kier molecular flexibility index (Phi) is 10.8. The molecule has 0 amide bonds. The average molecular weight is 423 g/mol. The fourth-order valence-electron chi connectivity index (χ4n) is 4.61. The van der Waals surface area contributed by atoms with E-state index >= 15 is 0 Å². The predicted octanol–water partition coefficient (Wildman–Crippen LogP) is 2.07. The van der Waals surface area contributed by atoms with Gasteiger partial charge in [-0.3, -0.25) is 9.80 Å². The van der Waals surface area contributed by atoms with Crippen molar-refractivity contribution in [3.05, 3.63) is 24.3 Å². The van der Waals surface area contributed by atoms with E-state index in [1.165, 1.54) is 12.8 Å². The predicted molar refractivity (Wildman–Crippen MR) is 119 cm³/mol. The lowest BCUT2D eigenvalue weighted by molar-refractivity contribution is -0.0174. The molecule has 6 nitrogen and oxygen atoms in total. The van der Waals surface area contributed by atoms with Crippen LogP contribution in [-0.2, 0) is 9.47 Å². The highest BCUT2D eigenvalue weighted by Gasteiger charge is 2.22. The maximum absolute atomic E-state index is 10.3. The van der Waals surface area contributed by atoms with Crippen LogP contribution < -0.4 is 0 Å². The molecule has 6 heteroatoms. The number of rotatable bonds is 12. The second kappa shape index (κ2) is 13.6. The molecule has 2 aliphatic carbocycles. The molecule has 0 saturated carbocycles. The summed E-state index contributed by atoms with van der Waals surface area (Å²) in [4.78, 5) is 4.60. The minimum Gasteiger partial charge on any atom is -0.389 e. The SMILES string of the molecule is O[C@H](COC[C@H]1CC=CCC1)CN1CCN(C[C@@H](O)COC[C@@H]2CC=CCC2)CC1. The van der Waals surface area contributed by atoms with Gasteiger partial charge in [0.2, 0.25) is 0 Å². The third-order valence-electron chi connectivity index (χ3n) is 6.49. The van der Waals surface area contributed by atoms with Gasteiger partial charge >= 0.3 is 0 Å². The quantitative estimate of drug-likeness (QED) is 0.470. The Morgan fingerprint density at radius 1 is 0.700 bits per heavy atom. The summed E-state index contributed by atoms with van der Waals surface area (Å²) in [5.74, 6) is 1.22. The number of aliphatic hydroxyl groups excluding tert-OH is 2. The van der Waals surface area contributed by atoms with Crippen molar-refractivity contribution < 1.29 is 19.7 Å². The largest absolute Gasteiger partial charge is 0.389 e. The van der Waals surface area contributed by atoms with Gasteiger partial charge in [0.05, 0.1) is 25.4 Å². The summed E-state index contributed by atoms with van der Waals surface area (Å²) in [5, 5.41) is 20.6. The van der Waals surface area contributed by atoms with Crippen molar-refractivity contribution in [2.75, 3.05) is 65.7 Å². The fourth-order valence-corrected chi connectivity index (χ4v) is 4.61. The normalized spacial score (nSPS) is 27.9. The molecule has 0 bridgehead atoms. The van der Waals surface area contributed by atoms with E-state index in [0.717, 1.165) is 65.1 Å². The van der Waals surface area contributed by atoms with Crippen molar-refractivity contribution in [1.82, 2.24) is 9.80 Å². The lowest BCUT2D eigenvalue weighted by atomic mass is 9.95. The molecule has 3 aliphatic rings. The minimum atomic E-state index is -0.427. The molecule has 0 unspecified atom stereocenters. The molecule has 4 atom stereocenters. The third-order valence-corrected chi connectivity index (χ3v) is 6.49. The maximum Gasteiger partial charge on any atom is 0.0900 e. The average Bonchev–Trinajstić information content (AvgIpc) is 2.77. The van der Waals surface area contributed by atoms with E-state index in [1.54, 1.807) is 0 Å². The molecule has 0 aromatic carbocycles. The van der Waals surface area contributed by atoms with Crippen LogP contribution in [-0.4, -0.2) is 97.9 Å². The van der Waals surface area contributed by atoms with E-state index in [2.05, 4.69) is 34.1 Å². The van der Waals surface area contributed by atoms with Crippen LogP contribution in [0.2, 0.25) is 0 Å². The van der Waals surface area contributed by atoms with E-state index in [4.69, 9.17) is 9.47 Å². The Morgan fingerprint density at radius 2 is 1.13 bits per heavy atom.